The van der Waals surface area contributed by atoms with Gasteiger partial charge in [-0.25, -0.2) is 0 Å². The molecular formula is C13H13N3S2. The van der Waals surface area contributed by atoms with E-state index in [1.807, 2.05) is 30.0 Å². The number of rotatable bonds is 1. The molecule has 1 N–H and O–H groups in total. The third kappa shape index (κ3) is 1.96. The predicted octanol–water partition coefficient (Wildman–Crippen LogP) is 3.64. The molecule has 18 heavy (non-hydrogen) atoms. The van der Waals surface area contributed by atoms with Crippen LogP contribution in [0.3, 0.4) is 0 Å². The maximum absolute atomic E-state index is 9.01. The van der Waals surface area contributed by atoms with Crippen molar-refractivity contribution >= 4 is 35.0 Å². The average molecular weight is 275 g/mol. The van der Waals surface area contributed by atoms with E-state index < -0.39 is 0 Å². The number of benzene rings is 1. The Morgan fingerprint density at radius 2 is 2.17 bits per heavy atom. The van der Waals surface area contributed by atoms with E-state index in [9.17, 15) is 0 Å². The summed E-state index contributed by atoms with van der Waals surface area (Å²) in [6, 6.07) is 8.37. The maximum Gasteiger partial charge on any atom is 0.178 e. The Morgan fingerprint density at radius 1 is 1.39 bits per heavy atom. The van der Waals surface area contributed by atoms with Crippen molar-refractivity contribution in [2.24, 2.45) is 0 Å². The first-order chi connectivity index (χ1) is 8.79. The Balaban J connectivity index is 2.17. The average Bonchev–Trinajstić information content (AvgIpc) is 2.74. The SMILES string of the molecule is N#Cc1ccc2[nH]c(=S)n(C3CCSCC3)c2c1. The van der Waals surface area contributed by atoms with Gasteiger partial charge in [0.2, 0.25) is 0 Å². The van der Waals surface area contributed by atoms with Crippen LogP contribution < -0.4 is 0 Å². The van der Waals surface area contributed by atoms with Gasteiger partial charge in [-0.05, 0) is 54.8 Å². The van der Waals surface area contributed by atoms with Crippen LogP contribution in [-0.2, 0) is 0 Å². The van der Waals surface area contributed by atoms with Gasteiger partial charge in [0.1, 0.15) is 0 Å². The molecule has 3 rings (SSSR count). The van der Waals surface area contributed by atoms with Crippen LogP contribution in [0.25, 0.3) is 11.0 Å². The lowest BCUT2D eigenvalue weighted by Crippen LogP contribution is -2.15. The number of imidazole rings is 1. The highest BCUT2D eigenvalue weighted by molar-refractivity contribution is 7.99. The van der Waals surface area contributed by atoms with Crippen molar-refractivity contribution in [1.29, 1.82) is 5.26 Å². The Hall–Kier alpha value is -1.25. The number of hydrogen-bond acceptors (Lipinski definition) is 3. The number of nitrogens with zero attached hydrogens (tertiary/aromatic N) is 2. The highest BCUT2D eigenvalue weighted by atomic mass is 32.2. The fourth-order valence-electron chi connectivity index (χ4n) is 2.50. The molecule has 1 fully saturated rings. The molecule has 0 bridgehead atoms. The zero-order valence-electron chi connectivity index (χ0n) is 9.85. The van der Waals surface area contributed by atoms with E-state index in [0.717, 1.165) is 28.6 Å². The van der Waals surface area contributed by atoms with Gasteiger partial charge in [-0.3, -0.25) is 0 Å². The molecule has 0 atom stereocenters. The molecule has 0 aliphatic carbocycles. The molecule has 2 heterocycles. The van der Waals surface area contributed by atoms with Gasteiger partial charge in [-0.15, -0.1) is 0 Å². The number of nitriles is 1. The third-order valence-corrected chi connectivity index (χ3v) is 4.75. The van der Waals surface area contributed by atoms with Crippen molar-refractivity contribution in [3.8, 4) is 6.07 Å². The molecule has 1 aliphatic rings. The van der Waals surface area contributed by atoms with Crippen LogP contribution in [0.5, 0.6) is 0 Å². The van der Waals surface area contributed by atoms with Crippen molar-refractivity contribution in [3.63, 3.8) is 0 Å². The number of aromatic nitrogens is 2. The van der Waals surface area contributed by atoms with Crippen LogP contribution in [0.1, 0.15) is 24.4 Å². The topological polar surface area (TPSA) is 44.5 Å². The second kappa shape index (κ2) is 4.79. The van der Waals surface area contributed by atoms with Gasteiger partial charge >= 0.3 is 0 Å². The Bertz CT molecular complexity index is 672. The summed E-state index contributed by atoms with van der Waals surface area (Å²) >= 11 is 7.44. The molecule has 0 saturated carbocycles. The van der Waals surface area contributed by atoms with Crippen LogP contribution in [-0.4, -0.2) is 21.1 Å². The minimum Gasteiger partial charge on any atom is -0.331 e. The van der Waals surface area contributed by atoms with Crippen LogP contribution in [0.4, 0.5) is 0 Å². The molecule has 1 saturated heterocycles. The lowest BCUT2D eigenvalue weighted by Gasteiger charge is -2.23. The van der Waals surface area contributed by atoms with Crippen molar-refractivity contribution in [1.82, 2.24) is 9.55 Å². The third-order valence-electron chi connectivity index (χ3n) is 3.40. The first-order valence-corrected chi connectivity index (χ1v) is 7.58. The summed E-state index contributed by atoms with van der Waals surface area (Å²) in [5.41, 5.74) is 2.78. The lowest BCUT2D eigenvalue weighted by atomic mass is 10.1. The highest BCUT2D eigenvalue weighted by Gasteiger charge is 2.18. The van der Waals surface area contributed by atoms with Gasteiger partial charge in [0.25, 0.3) is 0 Å². The summed E-state index contributed by atoms with van der Waals surface area (Å²) in [6.45, 7) is 0. The van der Waals surface area contributed by atoms with Crippen molar-refractivity contribution in [2.75, 3.05) is 11.5 Å². The normalized spacial score (nSPS) is 16.8. The summed E-state index contributed by atoms with van der Waals surface area (Å²) in [4.78, 5) is 3.24. The number of nitrogens with one attached hydrogen (secondary N) is 1. The van der Waals surface area contributed by atoms with E-state index in [4.69, 9.17) is 17.5 Å². The highest BCUT2D eigenvalue weighted by Crippen LogP contribution is 2.30. The molecule has 3 nitrogen and oxygen atoms in total. The monoisotopic (exact) mass is 275 g/mol. The van der Waals surface area contributed by atoms with Gasteiger partial charge in [0.15, 0.2) is 4.77 Å². The second-order valence-electron chi connectivity index (χ2n) is 4.49. The molecule has 0 radical (unpaired) electrons. The number of thioether (sulfide) groups is 1. The van der Waals surface area contributed by atoms with Crippen LogP contribution >= 0.6 is 24.0 Å². The standard InChI is InChI=1S/C13H13N3S2/c14-8-9-1-2-11-12(7-9)16(13(17)15-11)10-3-5-18-6-4-10/h1-2,7,10H,3-6H2,(H,15,17). The molecule has 2 aromatic rings. The second-order valence-corrected chi connectivity index (χ2v) is 6.10. The number of fused-ring (bicyclic) bond motifs is 1. The van der Waals surface area contributed by atoms with Gasteiger partial charge in [-0.2, -0.15) is 17.0 Å². The van der Waals surface area contributed by atoms with E-state index in [-0.39, 0.29) is 0 Å². The molecular weight excluding hydrogens is 262 g/mol. The zero-order valence-corrected chi connectivity index (χ0v) is 11.5. The molecule has 5 heteroatoms. The molecule has 0 spiro atoms. The molecule has 92 valence electrons. The fraction of sp³-hybridized carbons (Fsp3) is 0.385. The van der Waals surface area contributed by atoms with E-state index >= 15 is 0 Å². The number of H-pyrrole nitrogens is 1. The van der Waals surface area contributed by atoms with Crippen molar-refractivity contribution in [3.05, 3.63) is 28.5 Å². The molecule has 1 aromatic heterocycles. The zero-order chi connectivity index (χ0) is 12.5. The number of hydrogen-bond donors (Lipinski definition) is 1. The maximum atomic E-state index is 9.01. The summed E-state index contributed by atoms with van der Waals surface area (Å²) in [5.74, 6) is 2.38. The molecule has 1 aromatic carbocycles. The van der Waals surface area contributed by atoms with Gasteiger partial charge in [-0.1, -0.05) is 0 Å². The summed E-state index contributed by atoms with van der Waals surface area (Å²) in [6.07, 6.45) is 2.31. The fourth-order valence-corrected chi connectivity index (χ4v) is 3.94. The minimum atomic E-state index is 0.474. The van der Waals surface area contributed by atoms with E-state index in [1.165, 1.54) is 11.5 Å². The van der Waals surface area contributed by atoms with Crippen LogP contribution in [0.2, 0.25) is 0 Å². The Kier molecular flexibility index (Phi) is 3.14. The van der Waals surface area contributed by atoms with E-state index in [2.05, 4.69) is 15.6 Å². The summed E-state index contributed by atoms with van der Waals surface area (Å²) in [5, 5.41) is 9.01. The summed E-state index contributed by atoms with van der Waals surface area (Å²) in [7, 11) is 0. The van der Waals surface area contributed by atoms with Gasteiger partial charge in [0.05, 0.1) is 22.7 Å². The summed E-state index contributed by atoms with van der Waals surface area (Å²) < 4.78 is 2.97. The van der Waals surface area contributed by atoms with Crippen LogP contribution in [0.15, 0.2) is 18.2 Å². The van der Waals surface area contributed by atoms with Gasteiger partial charge in [0, 0.05) is 6.04 Å². The van der Waals surface area contributed by atoms with E-state index in [1.54, 1.807) is 0 Å². The van der Waals surface area contributed by atoms with E-state index in [0.29, 0.717) is 11.6 Å². The predicted molar refractivity (Wildman–Crippen MR) is 77.4 cm³/mol. The van der Waals surface area contributed by atoms with Crippen molar-refractivity contribution in [2.45, 2.75) is 18.9 Å². The minimum absolute atomic E-state index is 0.474. The Morgan fingerprint density at radius 3 is 2.89 bits per heavy atom. The Labute approximate surface area is 115 Å². The molecule has 1 aliphatic heterocycles. The van der Waals surface area contributed by atoms with Crippen molar-refractivity contribution < 1.29 is 0 Å². The molecule has 0 amide bonds. The molecule has 0 unspecified atom stereocenters. The van der Waals surface area contributed by atoms with Gasteiger partial charge < -0.3 is 9.55 Å². The first kappa shape index (κ1) is 11.8. The first-order valence-electron chi connectivity index (χ1n) is 6.02. The smallest absolute Gasteiger partial charge is 0.178 e. The lowest BCUT2D eigenvalue weighted by molar-refractivity contribution is 0.476. The number of aromatic amines is 1. The quantitative estimate of drug-likeness (QED) is 0.808. The van der Waals surface area contributed by atoms with Crippen LogP contribution in [0, 0.1) is 16.1 Å². The largest absolute Gasteiger partial charge is 0.331 e.